The standard InChI is InChI=1S/C13H20N6O2/c1-5-7-19-9-10(18(4)13(21)16-11(9)20)15-12(19)14-6-8-17(2)3/h5H,1,6-8H2,2-4H3,(H,14,15)(H,16,20,21). The van der Waals surface area contributed by atoms with Crippen molar-refractivity contribution in [2.45, 2.75) is 6.54 Å². The Morgan fingerprint density at radius 2 is 2.14 bits per heavy atom. The average molecular weight is 292 g/mol. The van der Waals surface area contributed by atoms with Crippen molar-refractivity contribution in [1.29, 1.82) is 0 Å². The quantitative estimate of drug-likeness (QED) is 0.706. The van der Waals surface area contributed by atoms with Gasteiger partial charge in [0.25, 0.3) is 5.56 Å². The third-order valence-electron chi connectivity index (χ3n) is 3.16. The van der Waals surface area contributed by atoms with E-state index in [1.807, 2.05) is 19.0 Å². The van der Waals surface area contributed by atoms with Crippen LogP contribution in [-0.4, -0.2) is 51.2 Å². The number of H-pyrrole nitrogens is 1. The van der Waals surface area contributed by atoms with Crippen molar-refractivity contribution in [3.8, 4) is 0 Å². The van der Waals surface area contributed by atoms with E-state index in [0.29, 0.717) is 30.2 Å². The number of aromatic amines is 1. The topological polar surface area (TPSA) is 88.0 Å². The van der Waals surface area contributed by atoms with Gasteiger partial charge < -0.3 is 14.8 Å². The van der Waals surface area contributed by atoms with E-state index in [9.17, 15) is 9.59 Å². The molecule has 0 aliphatic carbocycles. The van der Waals surface area contributed by atoms with Gasteiger partial charge in [-0.15, -0.1) is 6.58 Å². The Hall–Kier alpha value is -2.35. The lowest BCUT2D eigenvalue weighted by Crippen LogP contribution is -2.29. The highest BCUT2D eigenvalue weighted by Crippen LogP contribution is 2.14. The van der Waals surface area contributed by atoms with E-state index < -0.39 is 11.2 Å². The van der Waals surface area contributed by atoms with E-state index in [0.717, 1.165) is 6.54 Å². The van der Waals surface area contributed by atoms with Gasteiger partial charge in [-0.2, -0.15) is 4.98 Å². The second-order valence-corrected chi connectivity index (χ2v) is 5.06. The van der Waals surface area contributed by atoms with E-state index in [-0.39, 0.29) is 0 Å². The molecule has 0 unspecified atom stereocenters. The van der Waals surface area contributed by atoms with Crippen molar-refractivity contribution in [3.05, 3.63) is 33.5 Å². The van der Waals surface area contributed by atoms with Crippen LogP contribution in [-0.2, 0) is 13.6 Å². The summed E-state index contributed by atoms with van der Waals surface area (Å²) in [5.41, 5.74) is -0.194. The van der Waals surface area contributed by atoms with Crippen molar-refractivity contribution in [3.63, 3.8) is 0 Å². The molecule has 0 saturated carbocycles. The van der Waals surface area contributed by atoms with Crippen LogP contribution < -0.4 is 16.6 Å². The Bertz CT molecular complexity index is 767. The van der Waals surface area contributed by atoms with Gasteiger partial charge in [0, 0.05) is 26.7 Å². The molecule has 0 radical (unpaired) electrons. The fourth-order valence-corrected chi connectivity index (χ4v) is 2.07. The Labute approximate surface area is 121 Å². The van der Waals surface area contributed by atoms with Gasteiger partial charge in [-0.05, 0) is 14.1 Å². The Morgan fingerprint density at radius 1 is 1.43 bits per heavy atom. The van der Waals surface area contributed by atoms with E-state index >= 15 is 0 Å². The van der Waals surface area contributed by atoms with Crippen LogP contribution in [0.1, 0.15) is 0 Å². The van der Waals surface area contributed by atoms with Crippen LogP contribution in [0.25, 0.3) is 11.2 Å². The van der Waals surface area contributed by atoms with Crippen molar-refractivity contribution in [2.24, 2.45) is 7.05 Å². The second-order valence-electron chi connectivity index (χ2n) is 5.06. The van der Waals surface area contributed by atoms with Crippen LogP contribution >= 0.6 is 0 Å². The van der Waals surface area contributed by atoms with E-state index in [1.54, 1.807) is 17.7 Å². The van der Waals surface area contributed by atoms with Gasteiger partial charge in [0.2, 0.25) is 5.95 Å². The molecule has 2 N–H and O–H groups in total. The maximum atomic E-state index is 12.0. The summed E-state index contributed by atoms with van der Waals surface area (Å²) in [5, 5.41) is 3.19. The summed E-state index contributed by atoms with van der Waals surface area (Å²) in [7, 11) is 5.53. The Balaban J connectivity index is 2.54. The minimum absolute atomic E-state index is 0.359. The van der Waals surface area contributed by atoms with Crippen molar-refractivity contribution >= 4 is 17.1 Å². The first-order valence-electron chi connectivity index (χ1n) is 6.64. The number of imidazole rings is 1. The summed E-state index contributed by atoms with van der Waals surface area (Å²) in [6.07, 6.45) is 1.68. The van der Waals surface area contributed by atoms with E-state index in [2.05, 4.69) is 21.9 Å². The van der Waals surface area contributed by atoms with Crippen LogP contribution in [0.3, 0.4) is 0 Å². The van der Waals surface area contributed by atoms with Gasteiger partial charge >= 0.3 is 5.69 Å². The second kappa shape index (κ2) is 5.96. The first-order valence-corrected chi connectivity index (χ1v) is 6.64. The van der Waals surface area contributed by atoms with Crippen molar-refractivity contribution < 1.29 is 0 Å². The predicted molar refractivity (Wildman–Crippen MR) is 82.8 cm³/mol. The molecule has 114 valence electrons. The van der Waals surface area contributed by atoms with Crippen LogP contribution in [0.4, 0.5) is 5.95 Å². The van der Waals surface area contributed by atoms with Gasteiger partial charge in [0.1, 0.15) is 0 Å². The minimum Gasteiger partial charge on any atom is -0.354 e. The van der Waals surface area contributed by atoms with Gasteiger partial charge in [-0.1, -0.05) is 6.08 Å². The lowest BCUT2D eigenvalue weighted by Gasteiger charge is -2.11. The Morgan fingerprint density at radius 3 is 2.76 bits per heavy atom. The number of rotatable bonds is 6. The summed E-state index contributed by atoms with van der Waals surface area (Å²) in [6.45, 7) is 5.63. The summed E-state index contributed by atoms with van der Waals surface area (Å²) in [6, 6.07) is 0. The highest BCUT2D eigenvalue weighted by Gasteiger charge is 2.16. The first-order chi connectivity index (χ1) is 9.95. The van der Waals surface area contributed by atoms with Crippen molar-refractivity contribution in [1.82, 2.24) is 24.0 Å². The zero-order valence-electron chi connectivity index (χ0n) is 12.5. The average Bonchev–Trinajstić information content (AvgIpc) is 2.76. The molecule has 0 atom stereocenters. The Kier molecular flexibility index (Phi) is 4.27. The van der Waals surface area contributed by atoms with E-state index in [4.69, 9.17) is 0 Å². The highest BCUT2D eigenvalue weighted by atomic mass is 16.2. The predicted octanol–water partition coefficient (Wildman–Crippen LogP) is -0.417. The molecular weight excluding hydrogens is 272 g/mol. The van der Waals surface area contributed by atoms with E-state index in [1.165, 1.54) is 4.57 Å². The molecule has 8 heteroatoms. The van der Waals surface area contributed by atoms with Gasteiger partial charge in [-0.3, -0.25) is 14.3 Å². The summed E-state index contributed by atoms with van der Waals surface area (Å²) < 4.78 is 3.05. The zero-order chi connectivity index (χ0) is 15.6. The number of fused-ring (bicyclic) bond motifs is 1. The third-order valence-corrected chi connectivity index (χ3v) is 3.16. The van der Waals surface area contributed by atoms with Crippen LogP contribution in [0.2, 0.25) is 0 Å². The third kappa shape index (κ3) is 2.89. The number of aryl methyl sites for hydroxylation is 1. The molecule has 2 heterocycles. The summed E-state index contributed by atoms with van der Waals surface area (Å²) in [4.78, 5) is 32.4. The largest absolute Gasteiger partial charge is 0.354 e. The molecule has 21 heavy (non-hydrogen) atoms. The fourth-order valence-electron chi connectivity index (χ4n) is 2.07. The smallest absolute Gasteiger partial charge is 0.329 e. The molecule has 0 spiro atoms. The van der Waals surface area contributed by atoms with Crippen molar-refractivity contribution in [2.75, 3.05) is 32.5 Å². The monoisotopic (exact) mass is 292 g/mol. The maximum absolute atomic E-state index is 12.0. The molecule has 0 aromatic carbocycles. The summed E-state index contributed by atoms with van der Waals surface area (Å²) >= 11 is 0. The molecule has 2 aromatic heterocycles. The zero-order valence-corrected chi connectivity index (χ0v) is 12.5. The number of hydrogen-bond acceptors (Lipinski definition) is 5. The molecule has 8 nitrogen and oxygen atoms in total. The molecule has 0 bridgehead atoms. The number of allylic oxidation sites excluding steroid dienone is 1. The molecule has 0 fully saturated rings. The maximum Gasteiger partial charge on any atom is 0.329 e. The number of likely N-dealkylation sites (N-methyl/N-ethyl adjacent to an activating group) is 1. The number of nitrogens with zero attached hydrogens (tertiary/aromatic N) is 4. The molecule has 0 amide bonds. The number of aromatic nitrogens is 4. The molecule has 2 rings (SSSR count). The molecule has 0 saturated heterocycles. The molecule has 2 aromatic rings. The highest BCUT2D eigenvalue weighted by molar-refractivity contribution is 5.74. The molecule has 0 aliphatic rings. The number of hydrogen-bond donors (Lipinski definition) is 2. The number of nitrogens with one attached hydrogen (secondary N) is 2. The normalized spacial score (nSPS) is 11.2. The lowest BCUT2D eigenvalue weighted by molar-refractivity contribution is 0.424. The SMILES string of the molecule is C=CCn1c(NCCN(C)C)nc2c1c(=O)[nH]c(=O)n2C. The lowest BCUT2D eigenvalue weighted by atomic mass is 10.5. The molecule has 0 aliphatic heterocycles. The fraction of sp³-hybridized carbons (Fsp3) is 0.462. The number of anilines is 1. The first kappa shape index (κ1) is 15.0. The molecular formula is C13H20N6O2. The van der Waals surface area contributed by atoms with Crippen LogP contribution in [0.5, 0.6) is 0 Å². The van der Waals surface area contributed by atoms with Gasteiger partial charge in [-0.25, -0.2) is 4.79 Å². The minimum atomic E-state index is -0.476. The summed E-state index contributed by atoms with van der Waals surface area (Å²) in [5.74, 6) is 0.554. The van der Waals surface area contributed by atoms with Gasteiger partial charge in [0.05, 0.1) is 0 Å². The van der Waals surface area contributed by atoms with Gasteiger partial charge in [0.15, 0.2) is 11.2 Å². The van der Waals surface area contributed by atoms with Crippen LogP contribution in [0.15, 0.2) is 22.2 Å². The van der Waals surface area contributed by atoms with Crippen LogP contribution in [0, 0.1) is 0 Å².